The van der Waals surface area contributed by atoms with Gasteiger partial charge in [0, 0.05) is 52.4 Å². The lowest BCUT2D eigenvalue weighted by molar-refractivity contribution is -0.139. The monoisotopic (exact) mass is 1520 g/mol. The summed E-state index contributed by atoms with van der Waals surface area (Å²) in [4.78, 5) is 70.4. The summed E-state index contributed by atoms with van der Waals surface area (Å²) in [5.41, 5.74) is 40.0. The lowest BCUT2D eigenvalue weighted by Gasteiger charge is -2.29. The van der Waals surface area contributed by atoms with Crippen molar-refractivity contribution in [3.8, 4) is 28.4 Å². The van der Waals surface area contributed by atoms with Crippen LogP contribution in [0.15, 0.2) is 170 Å². The molecule has 1 fully saturated rings. The molecule has 111 heavy (non-hydrogen) atoms. The molecular weight excluding hydrogens is 1400 g/mol. The van der Waals surface area contributed by atoms with Crippen molar-refractivity contribution in [2.45, 2.75) is 209 Å². The van der Waals surface area contributed by atoms with Crippen molar-refractivity contribution in [1.29, 1.82) is 0 Å². The summed E-state index contributed by atoms with van der Waals surface area (Å²) in [6.07, 6.45) is 26.6. The van der Waals surface area contributed by atoms with Crippen molar-refractivity contribution in [1.82, 2.24) is 0 Å². The molecule has 602 valence electrons. The minimum absolute atomic E-state index is 0. The molecule has 0 heterocycles. The molecule has 7 aromatic rings. The van der Waals surface area contributed by atoms with Gasteiger partial charge >= 0.3 is 35.8 Å². The van der Waals surface area contributed by atoms with Gasteiger partial charge in [0.1, 0.15) is 17.2 Å². The van der Waals surface area contributed by atoms with Crippen LogP contribution in [0.3, 0.4) is 0 Å². The number of benzene rings is 7. The molecule has 10 N–H and O–H groups in total. The van der Waals surface area contributed by atoms with Crippen LogP contribution in [0.5, 0.6) is 17.2 Å². The van der Waals surface area contributed by atoms with Gasteiger partial charge in [-0.3, -0.25) is 0 Å². The van der Waals surface area contributed by atoms with E-state index >= 15 is 0 Å². The van der Waals surface area contributed by atoms with Gasteiger partial charge in [0.2, 0.25) is 0 Å². The van der Waals surface area contributed by atoms with Crippen molar-refractivity contribution >= 4 is 64.3 Å². The van der Waals surface area contributed by atoms with Gasteiger partial charge in [-0.15, -0.1) is 0 Å². The fourth-order valence-electron chi connectivity index (χ4n) is 12.3. The maximum absolute atomic E-state index is 12.1. The Balaban J connectivity index is 0.000000330. The summed E-state index contributed by atoms with van der Waals surface area (Å²) in [7, 11) is 0. The number of ether oxygens (including phenoxy) is 8. The number of carbonyl (C=O) groups is 6. The molecule has 0 bridgehead atoms. The molecule has 0 saturated heterocycles. The summed E-state index contributed by atoms with van der Waals surface area (Å²) in [6.45, 7) is 23.2. The van der Waals surface area contributed by atoms with E-state index in [-0.39, 0.29) is 38.5 Å². The molecule has 0 atom stereocenters. The summed E-state index contributed by atoms with van der Waals surface area (Å²) in [5, 5.41) is 0. The van der Waals surface area contributed by atoms with Gasteiger partial charge in [-0.05, 0) is 234 Å². The lowest BCUT2D eigenvalue weighted by atomic mass is 9.77. The predicted octanol–water partition coefficient (Wildman–Crippen LogP) is 21.0. The quantitative estimate of drug-likeness (QED) is 0.00595. The predicted molar refractivity (Wildman–Crippen MR) is 449 cm³/mol. The second-order valence-corrected chi connectivity index (χ2v) is 28.4. The van der Waals surface area contributed by atoms with Crippen molar-refractivity contribution < 1.29 is 66.7 Å². The summed E-state index contributed by atoms with van der Waals surface area (Å²) in [6, 6.07) is 44.4. The summed E-state index contributed by atoms with van der Waals surface area (Å²) < 4.78 is 42.8. The van der Waals surface area contributed by atoms with Gasteiger partial charge in [-0.2, -0.15) is 0 Å². The number of nitrogen functional groups attached to an aromatic ring is 5. The molecule has 0 aliphatic heterocycles. The fourth-order valence-corrected chi connectivity index (χ4v) is 12.3. The van der Waals surface area contributed by atoms with Crippen molar-refractivity contribution in [3.63, 3.8) is 0 Å². The Hall–Kier alpha value is -10.6. The summed E-state index contributed by atoms with van der Waals surface area (Å²) in [5.74, 6) is 1.58. The number of aryl methyl sites for hydroxylation is 3. The van der Waals surface area contributed by atoms with Crippen LogP contribution in [0.4, 0.5) is 28.4 Å². The number of rotatable bonds is 40. The van der Waals surface area contributed by atoms with Gasteiger partial charge < -0.3 is 66.6 Å². The van der Waals surface area contributed by atoms with Crippen LogP contribution in [-0.2, 0) is 33.3 Å². The standard InChI is InChI=1S/C35H43NO5.C28H39NO3.C15H19NO4.C13H20N2O2.CH4/c1-26(2)34(37)41-33-19-15-29(16-20-33)28-13-17-32(18-14-28)39-21-11-9-7-5-4-6-8-10-12-22-40-35(38)30-23-27(3)24-31(36)25-30;1-3-4-5-7-22-8-10-23(11-9-22)24-12-14-27(15-13-24)31-16-6-17-32-28(30)25-18-21(2)19-26(29)20-25;1-10(2)14(17)19-5-4-6-20-15(18)12-7-11(3)8-13(16)9-12;1-2-3-4-5-6-17-13(16)10-7-11(14)9-12(15)8-10;/h13-20,23-25H,1,4-12,21-22,36H2,2-3H3;12-15,18-20,22-23H,3-11,16-17,29H2,1-2H3;7-9H,1,4-6,16H2,2-3H3;7-9H,2-6,14-15H2,1H3;1H4. The van der Waals surface area contributed by atoms with Gasteiger partial charge in [0.25, 0.3) is 0 Å². The van der Waals surface area contributed by atoms with E-state index in [0.717, 1.165) is 83.9 Å². The third kappa shape index (κ3) is 38.1. The van der Waals surface area contributed by atoms with Crippen LogP contribution < -0.4 is 42.9 Å². The molecule has 0 amide bonds. The molecule has 0 spiro atoms. The van der Waals surface area contributed by atoms with E-state index in [0.29, 0.717) is 113 Å². The van der Waals surface area contributed by atoms with Gasteiger partial charge in [-0.1, -0.05) is 161 Å². The minimum Gasteiger partial charge on any atom is -0.494 e. The molecule has 1 aliphatic rings. The molecular formula is C92H125N5O14. The zero-order chi connectivity index (χ0) is 80.0. The van der Waals surface area contributed by atoms with Crippen molar-refractivity contribution in [3.05, 3.63) is 214 Å². The van der Waals surface area contributed by atoms with Crippen LogP contribution in [-0.4, -0.2) is 82.1 Å². The zero-order valence-electron chi connectivity index (χ0n) is 66.2. The topological polar surface area (TPSA) is 306 Å². The van der Waals surface area contributed by atoms with E-state index in [1.807, 2.05) is 69.3 Å². The first-order valence-electron chi connectivity index (χ1n) is 39.1. The van der Waals surface area contributed by atoms with Crippen LogP contribution >= 0.6 is 0 Å². The molecule has 0 aromatic heterocycles. The van der Waals surface area contributed by atoms with E-state index in [1.165, 1.54) is 108 Å². The molecule has 1 aliphatic carbocycles. The van der Waals surface area contributed by atoms with E-state index in [1.54, 1.807) is 86.6 Å². The van der Waals surface area contributed by atoms with Crippen molar-refractivity contribution in [2.24, 2.45) is 5.92 Å². The van der Waals surface area contributed by atoms with E-state index in [9.17, 15) is 28.8 Å². The molecule has 19 heteroatoms. The van der Waals surface area contributed by atoms with E-state index in [2.05, 4.69) is 51.3 Å². The highest BCUT2D eigenvalue weighted by molar-refractivity contribution is 5.93. The number of hydrogen-bond donors (Lipinski definition) is 5. The Kier molecular flexibility index (Phi) is 43.9. The molecule has 8 rings (SSSR count). The number of anilines is 5. The Labute approximate surface area is 660 Å². The molecule has 19 nitrogen and oxygen atoms in total. The van der Waals surface area contributed by atoms with Gasteiger partial charge in [0.15, 0.2) is 0 Å². The molecule has 0 radical (unpaired) electrons. The van der Waals surface area contributed by atoms with Gasteiger partial charge in [0.05, 0.1) is 68.5 Å². The third-order valence-electron chi connectivity index (χ3n) is 18.2. The number of unbranched alkanes of at least 4 members (excludes halogenated alkanes) is 13. The third-order valence-corrected chi connectivity index (χ3v) is 18.2. The van der Waals surface area contributed by atoms with E-state index < -0.39 is 17.9 Å². The Morgan fingerprint density at radius 1 is 0.351 bits per heavy atom. The zero-order valence-corrected chi connectivity index (χ0v) is 66.2. The normalized spacial score (nSPS) is 12.6. The lowest BCUT2D eigenvalue weighted by Crippen LogP contribution is -2.13. The molecule has 1 saturated carbocycles. The smallest absolute Gasteiger partial charge is 0.338 e. The average Bonchev–Trinajstić information content (AvgIpc) is 0.873. The Morgan fingerprint density at radius 3 is 1.06 bits per heavy atom. The highest BCUT2D eigenvalue weighted by atomic mass is 16.6. The van der Waals surface area contributed by atoms with Crippen LogP contribution in [0.1, 0.15) is 252 Å². The van der Waals surface area contributed by atoms with Gasteiger partial charge in [-0.25, -0.2) is 28.8 Å². The SMILES string of the molecule is C.C=C(C)C(=O)OCCCOC(=O)c1cc(C)cc(N)c1.C=C(C)C(=O)Oc1ccc(-c2ccc(OCCCCCCCCCCCOC(=O)c3cc(C)cc(N)c3)cc2)cc1.CCCCCC1CCC(c2ccc(OCCCOC(=O)c3cc(C)cc(N)c3)cc2)CC1.CCCCCCOC(=O)c1cc(N)cc(N)c1. The highest BCUT2D eigenvalue weighted by Gasteiger charge is 2.23. The second kappa shape index (κ2) is 52.5. The number of esters is 6. The summed E-state index contributed by atoms with van der Waals surface area (Å²) >= 11 is 0. The maximum Gasteiger partial charge on any atom is 0.338 e. The second-order valence-electron chi connectivity index (χ2n) is 28.4. The first kappa shape index (κ1) is 92.8. The average molecular weight is 1530 g/mol. The Morgan fingerprint density at radius 2 is 0.667 bits per heavy atom. The largest absolute Gasteiger partial charge is 0.494 e. The highest BCUT2D eigenvalue weighted by Crippen LogP contribution is 2.38. The van der Waals surface area contributed by atoms with E-state index in [4.69, 9.17) is 66.6 Å². The fraction of sp³-hybridized carbons (Fsp3) is 0.435. The first-order chi connectivity index (χ1) is 52.9. The van der Waals surface area contributed by atoms with Crippen molar-refractivity contribution in [2.75, 3.05) is 74.9 Å². The van der Waals surface area contributed by atoms with Crippen LogP contribution in [0, 0.1) is 26.7 Å². The number of nitrogens with two attached hydrogens (primary N) is 5. The minimum atomic E-state index is -0.442. The Bertz CT molecular complexity index is 3900. The molecule has 7 aromatic carbocycles. The van der Waals surface area contributed by atoms with Crippen LogP contribution in [0.2, 0.25) is 0 Å². The number of hydrogen-bond acceptors (Lipinski definition) is 19. The first-order valence-corrected chi connectivity index (χ1v) is 39.1. The maximum atomic E-state index is 12.1. The van der Waals surface area contributed by atoms with Crippen LogP contribution in [0.25, 0.3) is 11.1 Å². The number of carbonyl (C=O) groups excluding carboxylic acids is 6. The molecule has 0 unspecified atom stereocenters.